The molecule has 0 atom stereocenters. The molecule has 1 aliphatic heterocycles. The number of ether oxygens (including phenoxy) is 2. The zero-order valence-electron chi connectivity index (χ0n) is 11.8. The molecule has 0 amide bonds. The van der Waals surface area contributed by atoms with E-state index in [1.54, 1.807) is 6.07 Å². The lowest BCUT2D eigenvalue weighted by Crippen LogP contribution is -2.56. The van der Waals surface area contributed by atoms with Crippen LogP contribution in [0.3, 0.4) is 0 Å². The molecule has 1 aromatic rings. The predicted molar refractivity (Wildman–Crippen MR) is 80.2 cm³/mol. The van der Waals surface area contributed by atoms with Gasteiger partial charge in [-0.25, -0.2) is 13.1 Å². The lowest BCUT2D eigenvalue weighted by atomic mass is 9.92. The Labute approximate surface area is 129 Å². The van der Waals surface area contributed by atoms with Crippen LogP contribution in [0.2, 0.25) is 5.02 Å². The highest BCUT2D eigenvalue weighted by Gasteiger charge is 2.36. The second-order valence-corrected chi connectivity index (χ2v) is 7.08. The third-order valence-corrected chi connectivity index (χ3v) is 5.44. The summed E-state index contributed by atoms with van der Waals surface area (Å²) in [5, 5.41) is 0.324. The number of hydrogen-bond donors (Lipinski definition) is 2. The third kappa shape index (κ3) is 3.67. The quantitative estimate of drug-likeness (QED) is 0.842. The Balaban J connectivity index is 2.35. The summed E-state index contributed by atoms with van der Waals surface area (Å²) >= 11 is 5.90. The molecular weight excluding hydrogens is 316 g/mol. The first kappa shape index (κ1) is 16.5. The van der Waals surface area contributed by atoms with Crippen LogP contribution in [0.4, 0.5) is 0 Å². The smallest absolute Gasteiger partial charge is 0.244 e. The van der Waals surface area contributed by atoms with E-state index in [9.17, 15) is 8.42 Å². The number of benzene rings is 1. The van der Waals surface area contributed by atoms with Gasteiger partial charge in [-0.15, -0.1) is 0 Å². The van der Waals surface area contributed by atoms with E-state index in [2.05, 4.69) is 4.72 Å². The molecule has 0 radical (unpaired) electrons. The van der Waals surface area contributed by atoms with E-state index in [0.717, 1.165) is 0 Å². The Kier molecular flexibility index (Phi) is 5.11. The van der Waals surface area contributed by atoms with Crippen LogP contribution < -0.4 is 15.2 Å². The van der Waals surface area contributed by atoms with Gasteiger partial charge in [0.05, 0.1) is 7.11 Å². The van der Waals surface area contributed by atoms with Gasteiger partial charge in [-0.05, 0) is 31.0 Å². The Hall–Kier alpha value is -0.860. The lowest BCUT2D eigenvalue weighted by Gasteiger charge is -2.36. The predicted octanol–water partition coefficient (Wildman–Crippen LogP) is 1.13. The summed E-state index contributed by atoms with van der Waals surface area (Å²) in [6.45, 7) is 1.16. The fourth-order valence-electron chi connectivity index (χ4n) is 2.31. The average molecular weight is 335 g/mol. The summed E-state index contributed by atoms with van der Waals surface area (Å²) in [7, 11) is -2.38. The molecule has 8 heteroatoms. The van der Waals surface area contributed by atoms with Crippen molar-refractivity contribution in [3.63, 3.8) is 0 Å². The molecule has 0 aromatic heterocycles. The highest BCUT2D eigenvalue weighted by molar-refractivity contribution is 7.89. The third-order valence-electron chi connectivity index (χ3n) is 3.61. The molecule has 1 saturated heterocycles. The van der Waals surface area contributed by atoms with Crippen LogP contribution >= 0.6 is 11.6 Å². The van der Waals surface area contributed by atoms with Crippen molar-refractivity contribution in [1.82, 2.24) is 4.72 Å². The number of nitrogens with one attached hydrogen (secondary N) is 1. The Morgan fingerprint density at radius 3 is 2.67 bits per heavy atom. The van der Waals surface area contributed by atoms with Crippen LogP contribution in [-0.2, 0) is 14.8 Å². The van der Waals surface area contributed by atoms with Crippen LogP contribution in [0.5, 0.6) is 5.75 Å². The number of sulfonamides is 1. The van der Waals surface area contributed by atoms with Crippen molar-refractivity contribution >= 4 is 21.6 Å². The van der Waals surface area contributed by atoms with E-state index < -0.39 is 15.6 Å². The van der Waals surface area contributed by atoms with E-state index >= 15 is 0 Å². The summed E-state index contributed by atoms with van der Waals surface area (Å²) in [5.74, 6) is 0.242. The molecular formula is C13H19ClN2O4S. The lowest BCUT2D eigenvalue weighted by molar-refractivity contribution is 0.0502. The second-order valence-electron chi connectivity index (χ2n) is 5.00. The van der Waals surface area contributed by atoms with Crippen molar-refractivity contribution in [2.75, 3.05) is 26.9 Å². The maximum absolute atomic E-state index is 12.7. The van der Waals surface area contributed by atoms with E-state index in [1.807, 2.05) is 0 Å². The van der Waals surface area contributed by atoms with Crippen molar-refractivity contribution in [3.8, 4) is 5.75 Å². The van der Waals surface area contributed by atoms with Crippen molar-refractivity contribution in [2.24, 2.45) is 5.73 Å². The van der Waals surface area contributed by atoms with Gasteiger partial charge in [0.25, 0.3) is 0 Å². The topological polar surface area (TPSA) is 90.7 Å². The molecule has 0 bridgehead atoms. The summed E-state index contributed by atoms with van der Waals surface area (Å²) in [6, 6.07) is 4.47. The molecule has 6 nitrogen and oxygen atoms in total. The van der Waals surface area contributed by atoms with E-state index in [1.165, 1.54) is 19.2 Å². The molecule has 0 aliphatic carbocycles. The maximum atomic E-state index is 12.7. The molecule has 0 saturated carbocycles. The van der Waals surface area contributed by atoms with Crippen molar-refractivity contribution in [2.45, 2.75) is 23.3 Å². The number of methoxy groups -OCH3 is 1. The van der Waals surface area contributed by atoms with Crippen molar-refractivity contribution < 1.29 is 17.9 Å². The molecule has 1 heterocycles. The van der Waals surface area contributed by atoms with Crippen LogP contribution in [-0.4, -0.2) is 40.8 Å². The van der Waals surface area contributed by atoms with Crippen LogP contribution in [0.25, 0.3) is 0 Å². The number of nitrogens with two attached hydrogens (primary N) is 1. The molecule has 2 rings (SSSR count). The van der Waals surface area contributed by atoms with Gasteiger partial charge in [-0.3, -0.25) is 0 Å². The zero-order valence-corrected chi connectivity index (χ0v) is 13.3. The van der Waals surface area contributed by atoms with Crippen LogP contribution in [0.1, 0.15) is 12.8 Å². The summed E-state index contributed by atoms with van der Waals surface area (Å²) < 4.78 is 38.4. The van der Waals surface area contributed by atoms with Gasteiger partial charge < -0.3 is 15.2 Å². The molecule has 1 aliphatic rings. The SMILES string of the molecule is COc1ccc(Cl)cc1S(=O)(=O)NC1(CN)CCOCC1. The highest BCUT2D eigenvalue weighted by Crippen LogP contribution is 2.29. The molecule has 118 valence electrons. The minimum absolute atomic E-state index is 0.0109. The largest absolute Gasteiger partial charge is 0.495 e. The molecule has 0 unspecified atom stereocenters. The first-order valence-electron chi connectivity index (χ1n) is 6.58. The number of halogens is 1. The van der Waals surface area contributed by atoms with E-state index in [0.29, 0.717) is 31.1 Å². The standard InChI is InChI=1S/C13H19ClN2O4S/c1-19-11-3-2-10(14)8-12(11)21(17,18)16-13(9-15)4-6-20-7-5-13/h2-3,8,16H,4-7,9,15H2,1H3. The van der Waals surface area contributed by atoms with Crippen LogP contribution in [0.15, 0.2) is 23.1 Å². The Morgan fingerprint density at radius 2 is 2.10 bits per heavy atom. The van der Waals surface area contributed by atoms with Gasteiger partial charge in [-0.1, -0.05) is 11.6 Å². The summed E-state index contributed by atoms with van der Waals surface area (Å²) in [5.41, 5.74) is 5.09. The monoisotopic (exact) mass is 334 g/mol. The van der Waals surface area contributed by atoms with Gasteiger partial charge in [0.1, 0.15) is 10.6 Å². The van der Waals surface area contributed by atoms with E-state index in [4.69, 9.17) is 26.8 Å². The fourth-order valence-corrected chi connectivity index (χ4v) is 4.21. The minimum atomic E-state index is -3.79. The first-order valence-corrected chi connectivity index (χ1v) is 8.44. The molecule has 3 N–H and O–H groups in total. The van der Waals surface area contributed by atoms with Crippen molar-refractivity contribution in [1.29, 1.82) is 0 Å². The van der Waals surface area contributed by atoms with Crippen LogP contribution in [0, 0.1) is 0 Å². The highest BCUT2D eigenvalue weighted by atomic mass is 35.5. The number of rotatable bonds is 5. The normalized spacial score (nSPS) is 18.4. The van der Waals surface area contributed by atoms with Gasteiger partial charge >= 0.3 is 0 Å². The molecule has 21 heavy (non-hydrogen) atoms. The minimum Gasteiger partial charge on any atom is -0.495 e. The molecule has 0 spiro atoms. The summed E-state index contributed by atoms with van der Waals surface area (Å²) in [6.07, 6.45) is 1.07. The van der Waals surface area contributed by atoms with Crippen molar-refractivity contribution in [3.05, 3.63) is 23.2 Å². The van der Waals surface area contributed by atoms with Gasteiger partial charge in [-0.2, -0.15) is 0 Å². The molecule has 1 fully saturated rings. The second kappa shape index (κ2) is 6.50. The Bertz CT molecular complexity index is 600. The van der Waals surface area contributed by atoms with Gasteiger partial charge in [0.15, 0.2) is 0 Å². The average Bonchev–Trinajstić information content (AvgIpc) is 2.47. The van der Waals surface area contributed by atoms with Gasteiger partial charge in [0.2, 0.25) is 10.0 Å². The Morgan fingerprint density at radius 1 is 1.43 bits per heavy atom. The molecule has 1 aromatic carbocycles. The van der Waals surface area contributed by atoms with E-state index in [-0.39, 0.29) is 17.2 Å². The summed E-state index contributed by atoms with van der Waals surface area (Å²) in [4.78, 5) is 0.0109. The van der Waals surface area contributed by atoms with Gasteiger partial charge in [0, 0.05) is 30.3 Å². The fraction of sp³-hybridized carbons (Fsp3) is 0.538. The number of hydrogen-bond acceptors (Lipinski definition) is 5. The first-order chi connectivity index (χ1) is 9.92. The maximum Gasteiger partial charge on any atom is 0.244 e. The zero-order chi connectivity index (χ0) is 15.5.